The van der Waals surface area contributed by atoms with Gasteiger partial charge in [0.2, 0.25) is 0 Å². The molecule has 5 nitrogen and oxygen atoms in total. The normalized spacial score (nSPS) is 14.0. The smallest absolute Gasteiger partial charge is 0.141 e. The van der Waals surface area contributed by atoms with Gasteiger partial charge in [0, 0.05) is 12.2 Å². The van der Waals surface area contributed by atoms with E-state index in [0.717, 1.165) is 10.0 Å². The van der Waals surface area contributed by atoms with Crippen LogP contribution in [0.1, 0.15) is 25.5 Å². The summed E-state index contributed by atoms with van der Waals surface area (Å²) < 4.78 is 17.1. The molecular formula is C13H21BrN2O3. The average molecular weight is 333 g/mol. The molecule has 0 saturated heterocycles. The fourth-order valence-electron chi connectivity index (χ4n) is 2.00. The number of benzene rings is 1. The third kappa shape index (κ3) is 3.60. The Morgan fingerprint density at radius 2 is 2.00 bits per heavy atom. The maximum absolute atomic E-state index is 5.65. The van der Waals surface area contributed by atoms with Crippen LogP contribution in [0.5, 0.6) is 11.5 Å². The first kappa shape index (κ1) is 16.2. The summed E-state index contributed by atoms with van der Waals surface area (Å²) in [7, 11) is 3.22. The lowest BCUT2D eigenvalue weighted by Gasteiger charge is -2.26. The Balaban J connectivity index is 3.20. The zero-order chi connectivity index (χ0) is 14.4. The minimum Gasteiger partial charge on any atom is -0.495 e. The standard InChI is InChI=1S/C13H21BrN2O3/c1-5-19-8(2)12(16-15)9-6-7-10(17-3)11(14)13(9)18-4/h6-8,12,16H,5,15H2,1-4H3. The minimum atomic E-state index is -0.169. The lowest BCUT2D eigenvalue weighted by molar-refractivity contribution is 0.0465. The fourth-order valence-corrected chi connectivity index (χ4v) is 2.69. The molecule has 1 aromatic carbocycles. The van der Waals surface area contributed by atoms with Crippen LogP contribution in [-0.2, 0) is 4.74 Å². The third-order valence-electron chi connectivity index (χ3n) is 2.93. The van der Waals surface area contributed by atoms with E-state index in [1.54, 1.807) is 14.2 Å². The zero-order valence-corrected chi connectivity index (χ0v) is 13.3. The molecule has 6 heteroatoms. The topological polar surface area (TPSA) is 65.7 Å². The first-order valence-electron chi connectivity index (χ1n) is 6.08. The number of nitrogens with two attached hydrogens (primary N) is 1. The fraction of sp³-hybridized carbons (Fsp3) is 0.538. The zero-order valence-electron chi connectivity index (χ0n) is 11.7. The third-order valence-corrected chi connectivity index (χ3v) is 3.68. The summed E-state index contributed by atoms with van der Waals surface area (Å²) in [6.07, 6.45) is -0.0794. The average Bonchev–Trinajstić information content (AvgIpc) is 2.40. The van der Waals surface area contributed by atoms with Crippen LogP contribution in [-0.4, -0.2) is 26.9 Å². The van der Waals surface area contributed by atoms with Crippen molar-refractivity contribution in [2.45, 2.75) is 26.0 Å². The molecule has 0 aromatic heterocycles. The summed E-state index contributed by atoms with van der Waals surface area (Å²) in [5, 5.41) is 0. The molecule has 1 aromatic rings. The van der Waals surface area contributed by atoms with Crippen molar-refractivity contribution in [1.29, 1.82) is 0 Å². The van der Waals surface area contributed by atoms with Crippen LogP contribution < -0.4 is 20.7 Å². The van der Waals surface area contributed by atoms with Gasteiger partial charge in [0.25, 0.3) is 0 Å². The first-order chi connectivity index (χ1) is 9.10. The molecule has 0 fully saturated rings. The minimum absolute atomic E-state index is 0.0794. The maximum Gasteiger partial charge on any atom is 0.141 e. The van der Waals surface area contributed by atoms with E-state index in [0.29, 0.717) is 18.1 Å². The van der Waals surface area contributed by atoms with Crippen molar-refractivity contribution in [1.82, 2.24) is 5.43 Å². The van der Waals surface area contributed by atoms with Crippen molar-refractivity contribution < 1.29 is 14.2 Å². The van der Waals surface area contributed by atoms with E-state index in [4.69, 9.17) is 20.1 Å². The van der Waals surface area contributed by atoms with Crippen LogP contribution in [0.4, 0.5) is 0 Å². The summed E-state index contributed by atoms with van der Waals surface area (Å²) in [6, 6.07) is 3.62. The number of rotatable bonds is 7. The molecule has 0 amide bonds. The van der Waals surface area contributed by atoms with E-state index in [1.165, 1.54) is 0 Å². The largest absolute Gasteiger partial charge is 0.495 e. The molecule has 3 N–H and O–H groups in total. The number of methoxy groups -OCH3 is 2. The number of hydrogen-bond acceptors (Lipinski definition) is 5. The number of halogens is 1. The number of ether oxygens (including phenoxy) is 3. The van der Waals surface area contributed by atoms with Gasteiger partial charge in [0.1, 0.15) is 16.0 Å². The lowest BCUT2D eigenvalue weighted by atomic mass is 10.0. The van der Waals surface area contributed by atoms with Gasteiger partial charge in [-0.25, -0.2) is 0 Å². The van der Waals surface area contributed by atoms with Crippen molar-refractivity contribution in [3.8, 4) is 11.5 Å². The molecule has 0 aliphatic carbocycles. The summed E-state index contributed by atoms with van der Waals surface area (Å²) in [6.45, 7) is 4.54. The van der Waals surface area contributed by atoms with E-state index >= 15 is 0 Å². The highest BCUT2D eigenvalue weighted by molar-refractivity contribution is 9.10. The summed E-state index contributed by atoms with van der Waals surface area (Å²) in [4.78, 5) is 0. The molecule has 0 spiro atoms. The molecule has 19 heavy (non-hydrogen) atoms. The number of hydrogen-bond donors (Lipinski definition) is 2. The first-order valence-corrected chi connectivity index (χ1v) is 6.88. The van der Waals surface area contributed by atoms with Crippen molar-refractivity contribution >= 4 is 15.9 Å². The predicted molar refractivity (Wildman–Crippen MR) is 78.4 cm³/mol. The number of nitrogens with one attached hydrogen (secondary N) is 1. The molecule has 108 valence electrons. The second-order valence-electron chi connectivity index (χ2n) is 4.01. The van der Waals surface area contributed by atoms with E-state index in [9.17, 15) is 0 Å². The molecule has 1 rings (SSSR count). The van der Waals surface area contributed by atoms with E-state index in [2.05, 4.69) is 21.4 Å². The van der Waals surface area contributed by atoms with Crippen molar-refractivity contribution in [3.05, 3.63) is 22.2 Å². The molecule has 2 unspecified atom stereocenters. The van der Waals surface area contributed by atoms with E-state index in [-0.39, 0.29) is 12.1 Å². The summed E-state index contributed by atoms with van der Waals surface area (Å²) in [5.41, 5.74) is 3.69. The van der Waals surface area contributed by atoms with Crippen LogP contribution in [0.3, 0.4) is 0 Å². The maximum atomic E-state index is 5.65. The molecular weight excluding hydrogens is 312 g/mol. The van der Waals surface area contributed by atoms with Crippen molar-refractivity contribution in [2.24, 2.45) is 5.84 Å². The molecule has 0 radical (unpaired) electrons. The van der Waals surface area contributed by atoms with Gasteiger partial charge in [-0.15, -0.1) is 0 Å². The van der Waals surface area contributed by atoms with Crippen LogP contribution >= 0.6 is 15.9 Å². The Morgan fingerprint density at radius 3 is 2.47 bits per heavy atom. The van der Waals surface area contributed by atoms with Gasteiger partial charge >= 0.3 is 0 Å². The number of hydrazine groups is 1. The molecule has 0 heterocycles. The van der Waals surface area contributed by atoms with E-state index < -0.39 is 0 Å². The van der Waals surface area contributed by atoms with Gasteiger partial charge in [-0.05, 0) is 41.9 Å². The Kier molecular flexibility index (Phi) is 6.57. The van der Waals surface area contributed by atoms with Gasteiger partial charge in [0.15, 0.2) is 0 Å². The van der Waals surface area contributed by atoms with Gasteiger partial charge in [-0.3, -0.25) is 11.3 Å². The Hall–Kier alpha value is -0.820. The van der Waals surface area contributed by atoms with Crippen LogP contribution in [0.2, 0.25) is 0 Å². The Morgan fingerprint density at radius 1 is 1.32 bits per heavy atom. The summed E-state index contributed by atoms with van der Waals surface area (Å²) in [5.74, 6) is 7.05. The highest BCUT2D eigenvalue weighted by atomic mass is 79.9. The predicted octanol–water partition coefficient (Wildman–Crippen LogP) is 2.40. The van der Waals surface area contributed by atoms with Crippen molar-refractivity contribution in [2.75, 3.05) is 20.8 Å². The van der Waals surface area contributed by atoms with Crippen LogP contribution in [0.25, 0.3) is 0 Å². The SMILES string of the molecule is CCOC(C)C(NN)c1ccc(OC)c(Br)c1OC. The van der Waals surface area contributed by atoms with Gasteiger partial charge in [-0.1, -0.05) is 0 Å². The highest BCUT2D eigenvalue weighted by Crippen LogP contribution is 2.40. The van der Waals surface area contributed by atoms with Crippen LogP contribution in [0, 0.1) is 0 Å². The second kappa shape index (κ2) is 7.69. The van der Waals surface area contributed by atoms with E-state index in [1.807, 2.05) is 26.0 Å². The van der Waals surface area contributed by atoms with Gasteiger partial charge in [-0.2, -0.15) is 0 Å². The van der Waals surface area contributed by atoms with Crippen LogP contribution in [0.15, 0.2) is 16.6 Å². The molecule has 0 bridgehead atoms. The van der Waals surface area contributed by atoms with Gasteiger partial charge in [0.05, 0.1) is 26.4 Å². The Labute approximate surface area is 122 Å². The van der Waals surface area contributed by atoms with Gasteiger partial charge < -0.3 is 14.2 Å². The molecule has 0 saturated carbocycles. The molecule has 0 aliphatic heterocycles. The molecule has 0 aliphatic rings. The van der Waals surface area contributed by atoms with Crippen molar-refractivity contribution in [3.63, 3.8) is 0 Å². The highest BCUT2D eigenvalue weighted by Gasteiger charge is 2.24. The Bertz CT molecular complexity index is 415. The quantitative estimate of drug-likeness (QED) is 0.592. The second-order valence-corrected chi connectivity index (χ2v) is 4.80. The lowest BCUT2D eigenvalue weighted by Crippen LogP contribution is -2.36. The monoisotopic (exact) mass is 332 g/mol. The summed E-state index contributed by atoms with van der Waals surface area (Å²) >= 11 is 3.48. The molecule has 2 atom stereocenters.